The van der Waals surface area contributed by atoms with Crippen LogP contribution in [0.1, 0.15) is 0 Å². The second-order valence-electron chi connectivity index (χ2n) is 3.71. The van der Waals surface area contributed by atoms with E-state index in [1.54, 1.807) is 11.3 Å². The molecule has 2 nitrogen and oxygen atoms in total. The van der Waals surface area contributed by atoms with Gasteiger partial charge in [-0.15, -0.1) is 11.3 Å². The van der Waals surface area contributed by atoms with Gasteiger partial charge < -0.3 is 5.73 Å². The molecule has 4 heteroatoms. The minimum Gasteiger partial charge on any atom is -0.383 e. The summed E-state index contributed by atoms with van der Waals surface area (Å²) in [5.41, 5.74) is 8.36. The average Bonchev–Trinajstić information content (AvgIpc) is 2.81. The Balaban J connectivity index is 2.36. The number of nitrogens with two attached hydrogens (primary N) is 1. The Hall–Kier alpha value is -1.14. The molecule has 0 bridgehead atoms. The predicted octanol–water partition coefficient (Wildman–Crippen LogP) is 4.15. The summed E-state index contributed by atoms with van der Waals surface area (Å²) in [7, 11) is 0. The molecular formula is C13H9IN2S. The van der Waals surface area contributed by atoms with Crippen molar-refractivity contribution in [2.75, 3.05) is 5.73 Å². The average molecular weight is 352 g/mol. The topological polar surface area (TPSA) is 38.9 Å². The molecule has 2 heterocycles. The molecule has 0 fully saturated rings. The van der Waals surface area contributed by atoms with Crippen LogP contribution in [0.2, 0.25) is 0 Å². The number of fused-ring (bicyclic) bond motifs is 1. The number of aromatic nitrogens is 1. The van der Waals surface area contributed by atoms with Gasteiger partial charge in [-0.25, -0.2) is 4.98 Å². The Morgan fingerprint density at radius 1 is 1.18 bits per heavy atom. The van der Waals surface area contributed by atoms with E-state index in [2.05, 4.69) is 45.1 Å². The number of anilines is 1. The minimum atomic E-state index is 0.612. The lowest BCUT2D eigenvalue weighted by atomic mass is 10.1. The Morgan fingerprint density at radius 3 is 2.71 bits per heavy atom. The van der Waals surface area contributed by atoms with Gasteiger partial charge >= 0.3 is 0 Å². The third-order valence-electron chi connectivity index (χ3n) is 2.67. The quantitative estimate of drug-likeness (QED) is 0.669. The molecule has 0 atom stereocenters. The van der Waals surface area contributed by atoms with Crippen LogP contribution in [0.3, 0.4) is 0 Å². The fraction of sp³-hybridized carbons (Fsp3) is 0. The van der Waals surface area contributed by atoms with Crippen molar-refractivity contribution in [1.82, 2.24) is 4.98 Å². The van der Waals surface area contributed by atoms with Crippen LogP contribution >= 0.6 is 33.9 Å². The van der Waals surface area contributed by atoms with Gasteiger partial charge in [0.15, 0.2) is 0 Å². The maximum atomic E-state index is 6.00. The van der Waals surface area contributed by atoms with Crippen molar-refractivity contribution in [3.8, 4) is 11.1 Å². The summed E-state index contributed by atoms with van der Waals surface area (Å²) < 4.78 is 2.37. The summed E-state index contributed by atoms with van der Waals surface area (Å²) >= 11 is 4.02. The highest BCUT2D eigenvalue weighted by Gasteiger charge is 2.12. The number of benzene rings is 1. The van der Waals surface area contributed by atoms with E-state index in [-0.39, 0.29) is 0 Å². The van der Waals surface area contributed by atoms with Crippen LogP contribution in [0.15, 0.2) is 41.9 Å². The molecule has 2 aromatic heterocycles. The first-order valence-corrected chi connectivity index (χ1v) is 7.10. The monoisotopic (exact) mass is 352 g/mol. The minimum absolute atomic E-state index is 0.612. The maximum Gasteiger partial charge on any atom is 0.132 e. The van der Waals surface area contributed by atoms with Crippen molar-refractivity contribution in [2.24, 2.45) is 0 Å². The van der Waals surface area contributed by atoms with Crippen molar-refractivity contribution in [3.05, 3.63) is 45.5 Å². The van der Waals surface area contributed by atoms with E-state index in [9.17, 15) is 0 Å². The lowest BCUT2D eigenvalue weighted by Crippen LogP contribution is -1.91. The molecule has 0 aliphatic heterocycles. The van der Waals surface area contributed by atoms with Crippen molar-refractivity contribution in [1.29, 1.82) is 0 Å². The van der Waals surface area contributed by atoms with Gasteiger partial charge in [0.1, 0.15) is 5.82 Å². The van der Waals surface area contributed by atoms with Gasteiger partial charge in [-0.1, -0.05) is 30.3 Å². The summed E-state index contributed by atoms with van der Waals surface area (Å²) in [5, 5.41) is 3.23. The van der Waals surface area contributed by atoms with E-state index in [1.165, 1.54) is 15.8 Å². The molecule has 0 unspecified atom stereocenters. The van der Waals surface area contributed by atoms with Crippen LogP contribution in [0, 0.1) is 3.57 Å². The Bertz CT molecular complexity index is 676. The Morgan fingerprint density at radius 2 is 1.94 bits per heavy atom. The summed E-state index contributed by atoms with van der Waals surface area (Å²) in [6.45, 7) is 0. The van der Waals surface area contributed by atoms with Gasteiger partial charge in [0.05, 0.1) is 4.70 Å². The van der Waals surface area contributed by atoms with Crippen LogP contribution in [-0.4, -0.2) is 4.98 Å². The Kier molecular flexibility index (Phi) is 2.76. The number of rotatable bonds is 1. The molecule has 17 heavy (non-hydrogen) atoms. The van der Waals surface area contributed by atoms with E-state index < -0.39 is 0 Å². The predicted molar refractivity (Wildman–Crippen MR) is 82.2 cm³/mol. The normalized spacial score (nSPS) is 10.9. The second kappa shape index (κ2) is 4.27. The van der Waals surface area contributed by atoms with E-state index >= 15 is 0 Å². The lowest BCUT2D eigenvalue weighted by Gasteiger charge is -2.02. The number of halogens is 1. The first-order chi connectivity index (χ1) is 8.27. The SMILES string of the molecule is Nc1ncc(I)c2scc(-c3ccccc3)c12. The van der Waals surface area contributed by atoms with E-state index in [0.717, 1.165) is 8.96 Å². The molecule has 0 spiro atoms. The van der Waals surface area contributed by atoms with E-state index in [1.807, 2.05) is 24.4 Å². The number of nitrogens with zero attached hydrogens (tertiary/aromatic N) is 1. The van der Waals surface area contributed by atoms with Gasteiger partial charge in [-0.3, -0.25) is 0 Å². The van der Waals surface area contributed by atoms with Crippen LogP contribution < -0.4 is 5.73 Å². The smallest absolute Gasteiger partial charge is 0.132 e. The fourth-order valence-corrected chi connectivity index (χ4v) is 3.65. The fourth-order valence-electron chi connectivity index (χ4n) is 1.87. The third kappa shape index (κ3) is 1.81. The molecule has 1 aromatic carbocycles. The van der Waals surface area contributed by atoms with E-state index in [4.69, 9.17) is 5.73 Å². The van der Waals surface area contributed by atoms with Crippen LogP contribution in [0.25, 0.3) is 21.2 Å². The standard InChI is InChI=1S/C13H9IN2S/c14-10-6-16-13(15)11-9(7-17-12(10)11)8-4-2-1-3-5-8/h1-7H,(H2,15,16). The summed E-state index contributed by atoms with van der Waals surface area (Å²) in [6.07, 6.45) is 1.82. The van der Waals surface area contributed by atoms with Gasteiger partial charge in [0.2, 0.25) is 0 Å². The van der Waals surface area contributed by atoms with Crippen molar-refractivity contribution < 1.29 is 0 Å². The molecular weight excluding hydrogens is 343 g/mol. The molecule has 2 N–H and O–H groups in total. The third-order valence-corrected chi connectivity index (χ3v) is 4.86. The molecule has 0 amide bonds. The van der Waals surface area contributed by atoms with Crippen molar-refractivity contribution in [3.63, 3.8) is 0 Å². The first kappa shape index (κ1) is 11.0. The maximum absolute atomic E-state index is 6.00. The highest BCUT2D eigenvalue weighted by atomic mass is 127. The van der Waals surface area contributed by atoms with Crippen molar-refractivity contribution >= 4 is 49.8 Å². The summed E-state index contributed by atoms with van der Waals surface area (Å²) in [4.78, 5) is 4.24. The molecule has 0 radical (unpaired) electrons. The first-order valence-electron chi connectivity index (χ1n) is 5.14. The molecule has 0 saturated carbocycles. The highest BCUT2D eigenvalue weighted by Crippen LogP contribution is 2.38. The summed E-state index contributed by atoms with van der Waals surface area (Å²) in [5.74, 6) is 0.612. The van der Waals surface area contributed by atoms with Gasteiger partial charge in [0, 0.05) is 20.7 Å². The number of thiophene rings is 1. The van der Waals surface area contributed by atoms with E-state index in [0.29, 0.717) is 5.82 Å². The van der Waals surface area contributed by atoms with Crippen LogP contribution in [0.5, 0.6) is 0 Å². The Labute approximate surface area is 117 Å². The number of pyridine rings is 1. The molecule has 84 valence electrons. The zero-order valence-corrected chi connectivity index (χ0v) is 11.8. The second-order valence-corrected chi connectivity index (χ2v) is 5.75. The van der Waals surface area contributed by atoms with Crippen molar-refractivity contribution in [2.45, 2.75) is 0 Å². The number of hydrogen-bond acceptors (Lipinski definition) is 3. The lowest BCUT2D eigenvalue weighted by molar-refractivity contribution is 1.36. The largest absolute Gasteiger partial charge is 0.383 e. The molecule has 3 aromatic rings. The molecule has 3 rings (SSSR count). The molecule has 0 saturated heterocycles. The van der Waals surface area contributed by atoms with Crippen LogP contribution in [0.4, 0.5) is 5.82 Å². The zero-order valence-electron chi connectivity index (χ0n) is 8.85. The summed E-state index contributed by atoms with van der Waals surface area (Å²) in [6, 6.07) is 10.3. The van der Waals surface area contributed by atoms with Gasteiger partial charge in [-0.2, -0.15) is 0 Å². The zero-order chi connectivity index (χ0) is 11.8. The highest BCUT2D eigenvalue weighted by molar-refractivity contribution is 14.1. The molecule has 0 aliphatic rings. The van der Waals surface area contributed by atoms with Gasteiger partial charge in [0.25, 0.3) is 0 Å². The number of hydrogen-bond donors (Lipinski definition) is 1. The van der Waals surface area contributed by atoms with Gasteiger partial charge in [-0.05, 0) is 33.5 Å². The number of nitrogen functional groups attached to an aromatic ring is 1. The molecule has 0 aliphatic carbocycles. The van der Waals surface area contributed by atoms with Crippen LogP contribution in [-0.2, 0) is 0 Å².